The standard InChI is InChI=1S/C17H22N4O3/c18-14-4-2-13(3-5-14)17-20-15(12-24-17)16(22)19-6-1-7-21-8-10-23-11-9-21/h2-5,12H,1,6-11,18H2,(H,19,22). The van der Waals surface area contributed by atoms with E-state index in [0.29, 0.717) is 18.1 Å². The molecule has 2 heterocycles. The maximum absolute atomic E-state index is 12.1. The first-order chi connectivity index (χ1) is 11.7. The average molecular weight is 330 g/mol. The molecule has 3 N–H and O–H groups in total. The Kier molecular flexibility index (Phi) is 5.45. The monoisotopic (exact) mass is 330 g/mol. The lowest BCUT2D eigenvalue weighted by Crippen LogP contribution is -2.38. The van der Waals surface area contributed by atoms with E-state index < -0.39 is 0 Å². The van der Waals surface area contributed by atoms with Crippen LogP contribution in [0.15, 0.2) is 34.9 Å². The first-order valence-electron chi connectivity index (χ1n) is 8.12. The van der Waals surface area contributed by atoms with E-state index in [0.717, 1.165) is 44.8 Å². The van der Waals surface area contributed by atoms with Crippen LogP contribution in [0, 0.1) is 0 Å². The van der Waals surface area contributed by atoms with Crippen LogP contribution in [0.4, 0.5) is 5.69 Å². The average Bonchev–Trinajstić information content (AvgIpc) is 3.10. The maximum Gasteiger partial charge on any atom is 0.273 e. The van der Waals surface area contributed by atoms with E-state index in [2.05, 4.69) is 15.2 Å². The molecule has 0 atom stereocenters. The summed E-state index contributed by atoms with van der Waals surface area (Å²) in [6.45, 7) is 5.07. The van der Waals surface area contributed by atoms with Crippen molar-refractivity contribution in [2.75, 3.05) is 45.1 Å². The van der Waals surface area contributed by atoms with E-state index in [9.17, 15) is 4.79 Å². The number of nitrogens with two attached hydrogens (primary N) is 1. The number of oxazole rings is 1. The molecule has 1 aliphatic rings. The lowest BCUT2D eigenvalue weighted by atomic mass is 10.2. The first kappa shape index (κ1) is 16.5. The Morgan fingerprint density at radius 2 is 2.00 bits per heavy atom. The third-order valence-corrected chi connectivity index (χ3v) is 3.93. The minimum atomic E-state index is -0.220. The van der Waals surface area contributed by atoms with Gasteiger partial charge >= 0.3 is 0 Å². The van der Waals surface area contributed by atoms with Crippen LogP contribution in [0.3, 0.4) is 0 Å². The fourth-order valence-electron chi connectivity index (χ4n) is 2.56. The van der Waals surface area contributed by atoms with E-state index in [1.54, 1.807) is 12.1 Å². The summed E-state index contributed by atoms with van der Waals surface area (Å²) in [6.07, 6.45) is 2.28. The number of rotatable bonds is 6. The SMILES string of the molecule is Nc1ccc(-c2nc(C(=O)NCCCN3CCOCC3)co2)cc1. The summed E-state index contributed by atoms with van der Waals surface area (Å²) in [6, 6.07) is 7.16. The van der Waals surface area contributed by atoms with Gasteiger partial charge in [0.25, 0.3) is 5.91 Å². The van der Waals surface area contributed by atoms with Crippen molar-refractivity contribution in [3.05, 3.63) is 36.2 Å². The zero-order valence-corrected chi connectivity index (χ0v) is 13.5. The molecule has 0 radical (unpaired) electrons. The smallest absolute Gasteiger partial charge is 0.273 e. The van der Waals surface area contributed by atoms with Crippen LogP contribution in [0.25, 0.3) is 11.5 Å². The molecular weight excluding hydrogens is 308 g/mol. The molecule has 1 saturated heterocycles. The number of benzene rings is 1. The first-order valence-corrected chi connectivity index (χ1v) is 8.12. The number of nitrogens with zero attached hydrogens (tertiary/aromatic N) is 2. The van der Waals surface area contributed by atoms with Crippen LogP contribution in [0.1, 0.15) is 16.9 Å². The number of hydrogen-bond donors (Lipinski definition) is 2. The molecular formula is C17H22N4O3. The second-order valence-electron chi connectivity index (χ2n) is 5.72. The van der Waals surface area contributed by atoms with Crippen molar-refractivity contribution in [2.45, 2.75) is 6.42 Å². The van der Waals surface area contributed by atoms with Gasteiger partial charge in [0.2, 0.25) is 5.89 Å². The number of anilines is 1. The predicted molar refractivity (Wildman–Crippen MR) is 90.6 cm³/mol. The van der Waals surface area contributed by atoms with Gasteiger partial charge in [0, 0.05) is 30.9 Å². The molecule has 0 saturated carbocycles. The zero-order valence-electron chi connectivity index (χ0n) is 13.5. The van der Waals surface area contributed by atoms with Crippen LogP contribution in [0.2, 0.25) is 0 Å². The lowest BCUT2D eigenvalue weighted by molar-refractivity contribution is 0.0374. The van der Waals surface area contributed by atoms with E-state index in [1.165, 1.54) is 6.26 Å². The number of ether oxygens (including phenoxy) is 1. The van der Waals surface area contributed by atoms with E-state index >= 15 is 0 Å². The second-order valence-corrected chi connectivity index (χ2v) is 5.72. The third kappa shape index (κ3) is 4.33. The molecule has 7 nitrogen and oxygen atoms in total. The number of carbonyl (C=O) groups excluding carboxylic acids is 1. The molecule has 1 fully saturated rings. The van der Waals surface area contributed by atoms with Crippen molar-refractivity contribution in [3.8, 4) is 11.5 Å². The largest absolute Gasteiger partial charge is 0.444 e. The van der Waals surface area contributed by atoms with Crippen molar-refractivity contribution in [2.24, 2.45) is 0 Å². The predicted octanol–water partition coefficient (Wildman–Crippen LogP) is 1.38. The Labute approximate surface area is 140 Å². The van der Waals surface area contributed by atoms with Crippen molar-refractivity contribution in [1.29, 1.82) is 0 Å². The molecule has 1 amide bonds. The van der Waals surface area contributed by atoms with Gasteiger partial charge in [-0.2, -0.15) is 0 Å². The van der Waals surface area contributed by atoms with Crippen LogP contribution >= 0.6 is 0 Å². The van der Waals surface area contributed by atoms with Gasteiger partial charge in [0.05, 0.1) is 13.2 Å². The highest BCUT2D eigenvalue weighted by atomic mass is 16.5. The highest BCUT2D eigenvalue weighted by Crippen LogP contribution is 2.19. The molecule has 3 rings (SSSR count). The molecule has 0 aliphatic carbocycles. The Balaban J connectivity index is 1.46. The van der Waals surface area contributed by atoms with Gasteiger partial charge in [-0.05, 0) is 37.2 Å². The minimum Gasteiger partial charge on any atom is -0.444 e. The molecule has 1 aromatic heterocycles. The summed E-state index contributed by atoms with van der Waals surface area (Å²) in [7, 11) is 0. The van der Waals surface area contributed by atoms with Gasteiger partial charge in [-0.1, -0.05) is 0 Å². The number of amides is 1. The fourth-order valence-corrected chi connectivity index (χ4v) is 2.56. The summed E-state index contributed by atoms with van der Waals surface area (Å²) in [4.78, 5) is 18.7. The summed E-state index contributed by atoms with van der Waals surface area (Å²) < 4.78 is 10.7. The number of carbonyl (C=O) groups is 1. The van der Waals surface area contributed by atoms with Crippen LogP contribution in [-0.2, 0) is 4.74 Å². The van der Waals surface area contributed by atoms with Crippen molar-refractivity contribution < 1.29 is 13.9 Å². The summed E-state index contributed by atoms with van der Waals surface area (Å²) >= 11 is 0. The quantitative estimate of drug-likeness (QED) is 0.614. The van der Waals surface area contributed by atoms with E-state index in [1.807, 2.05) is 12.1 Å². The number of nitrogen functional groups attached to an aromatic ring is 1. The third-order valence-electron chi connectivity index (χ3n) is 3.93. The molecule has 1 aliphatic heterocycles. The van der Waals surface area contributed by atoms with E-state index in [-0.39, 0.29) is 11.6 Å². The molecule has 2 aromatic rings. The Hall–Kier alpha value is -2.38. The Morgan fingerprint density at radius 3 is 2.75 bits per heavy atom. The topological polar surface area (TPSA) is 93.6 Å². The van der Waals surface area contributed by atoms with Crippen LogP contribution in [0.5, 0.6) is 0 Å². The molecule has 0 spiro atoms. The van der Waals surface area contributed by atoms with Crippen molar-refractivity contribution >= 4 is 11.6 Å². The van der Waals surface area contributed by atoms with Gasteiger partial charge in [0.15, 0.2) is 5.69 Å². The maximum atomic E-state index is 12.1. The van der Waals surface area contributed by atoms with Crippen molar-refractivity contribution in [3.63, 3.8) is 0 Å². The fraction of sp³-hybridized carbons (Fsp3) is 0.412. The summed E-state index contributed by atoms with van der Waals surface area (Å²) in [5.41, 5.74) is 7.40. The zero-order chi connectivity index (χ0) is 16.8. The van der Waals surface area contributed by atoms with Gasteiger partial charge in [-0.15, -0.1) is 0 Å². The van der Waals surface area contributed by atoms with E-state index in [4.69, 9.17) is 14.9 Å². The van der Waals surface area contributed by atoms with Crippen molar-refractivity contribution in [1.82, 2.24) is 15.2 Å². The number of morpholine rings is 1. The lowest BCUT2D eigenvalue weighted by Gasteiger charge is -2.26. The molecule has 0 bridgehead atoms. The molecule has 1 aromatic carbocycles. The van der Waals surface area contributed by atoms with Crippen LogP contribution < -0.4 is 11.1 Å². The summed E-state index contributed by atoms with van der Waals surface area (Å²) in [5.74, 6) is 0.191. The Morgan fingerprint density at radius 1 is 1.25 bits per heavy atom. The second kappa shape index (κ2) is 7.94. The minimum absolute atomic E-state index is 0.220. The van der Waals surface area contributed by atoms with Gasteiger partial charge in [0.1, 0.15) is 6.26 Å². The number of hydrogen-bond acceptors (Lipinski definition) is 6. The number of nitrogens with one attached hydrogen (secondary N) is 1. The molecule has 7 heteroatoms. The van der Waals surface area contributed by atoms with Gasteiger partial charge in [-0.3, -0.25) is 9.69 Å². The number of aromatic nitrogens is 1. The Bertz CT molecular complexity index is 663. The van der Waals surface area contributed by atoms with Crippen LogP contribution in [-0.4, -0.2) is 55.2 Å². The summed E-state index contributed by atoms with van der Waals surface area (Å²) in [5, 5.41) is 2.87. The molecule has 0 unspecified atom stereocenters. The highest BCUT2D eigenvalue weighted by Gasteiger charge is 2.14. The van der Waals surface area contributed by atoms with Gasteiger partial charge < -0.3 is 20.2 Å². The highest BCUT2D eigenvalue weighted by molar-refractivity contribution is 5.92. The normalized spacial score (nSPS) is 15.3. The molecule has 24 heavy (non-hydrogen) atoms. The van der Waals surface area contributed by atoms with Gasteiger partial charge in [-0.25, -0.2) is 4.98 Å². The molecule has 128 valence electrons.